The third kappa shape index (κ3) is 2.42. The van der Waals surface area contributed by atoms with E-state index in [0.29, 0.717) is 12.4 Å². The van der Waals surface area contributed by atoms with Crippen molar-refractivity contribution in [3.05, 3.63) is 35.2 Å². The molecule has 2 aromatic rings. The van der Waals surface area contributed by atoms with Crippen molar-refractivity contribution in [2.45, 2.75) is 19.9 Å². The van der Waals surface area contributed by atoms with Crippen LogP contribution in [-0.2, 0) is 17.7 Å². The molecule has 0 unspecified atom stereocenters. The summed E-state index contributed by atoms with van der Waals surface area (Å²) >= 11 is 0. The zero-order chi connectivity index (χ0) is 13.9. The van der Waals surface area contributed by atoms with E-state index in [1.807, 2.05) is 6.07 Å². The summed E-state index contributed by atoms with van der Waals surface area (Å²) in [5.74, 6) is 0.171. The lowest BCUT2D eigenvalue weighted by molar-refractivity contribution is 0.0512. The number of nitrogens with zero attached hydrogens (tertiary/aromatic N) is 2. The number of fused-ring (bicyclic) bond motifs is 1. The van der Waals surface area contributed by atoms with Crippen LogP contribution in [0.15, 0.2) is 18.2 Å². The van der Waals surface area contributed by atoms with Crippen LogP contribution in [0, 0.1) is 0 Å². The zero-order valence-electron chi connectivity index (χ0n) is 11.3. The Bertz CT molecular complexity index is 636. The molecule has 20 heavy (non-hydrogen) atoms. The van der Waals surface area contributed by atoms with E-state index in [2.05, 4.69) is 32.6 Å². The van der Waals surface area contributed by atoms with E-state index >= 15 is 0 Å². The highest BCUT2D eigenvalue weighted by atomic mass is 16.5. The Balaban J connectivity index is 1.87. The molecule has 0 saturated carbocycles. The van der Waals surface area contributed by atoms with E-state index in [9.17, 15) is 4.79 Å². The molecular formula is C14H16N4O2. The molecule has 104 valence electrons. The normalized spacial score (nSPS) is 13.8. The Morgan fingerprint density at radius 1 is 1.40 bits per heavy atom. The van der Waals surface area contributed by atoms with Gasteiger partial charge in [-0.3, -0.25) is 5.10 Å². The van der Waals surface area contributed by atoms with Crippen LogP contribution in [0.2, 0.25) is 0 Å². The second kappa shape index (κ2) is 5.42. The van der Waals surface area contributed by atoms with Gasteiger partial charge in [0.05, 0.1) is 6.61 Å². The number of carbonyl (C=O) groups excluding carboxylic acids is 1. The number of hydrogen-bond acceptors (Lipinski definition) is 5. The van der Waals surface area contributed by atoms with Gasteiger partial charge in [-0.05, 0) is 37.1 Å². The second-order valence-corrected chi connectivity index (χ2v) is 4.64. The largest absolute Gasteiger partial charge is 0.460 e. The van der Waals surface area contributed by atoms with Crippen LogP contribution >= 0.6 is 0 Å². The predicted molar refractivity (Wildman–Crippen MR) is 73.2 cm³/mol. The lowest BCUT2D eigenvalue weighted by Crippen LogP contribution is -2.23. The molecule has 0 fully saturated rings. The quantitative estimate of drug-likeness (QED) is 0.823. The van der Waals surface area contributed by atoms with Crippen molar-refractivity contribution in [2.75, 3.05) is 13.2 Å². The fourth-order valence-electron chi connectivity index (χ4n) is 2.30. The first kappa shape index (κ1) is 12.8. The lowest BCUT2D eigenvalue weighted by Gasteiger charge is -2.17. The molecule has 0 atom stereocenters. The molecule has 2 N–H and O–H groups in total. The van der Waals surface area contributed by atoms with Crippen molar-refractivity contribution in [3.63, 3.8) is 0 Å². The van der Waals surface area contributed by atoms with E-state index < -0.39 is 5.97 Å². The summed E-state index contributed by atoms with van der Waals surface area (Å²) in [4.78, 5) is 15.7. The topological polar surface area (TPSA) is 79.9 Å². The lowest BCUT2D eigenvalue weighted by atomic mass is 9.98. The van der Waals surface area contributed by atoms with Gasteiger partial charge in [-0.25, -0.2) is 9.78 Å². The van der Waals surface area contributed by atoms with Crippen LogP contribution in [-0.4, -0.2) is 34.3 Å². The summed E-state index contributed by atoms with van der Waals surface area (Å²) in [5.41, 5.74) is 3.52. The number of nitrogens with one attached hydrogen (secondary N) is 2. The van der Waals surface area contributed by atoms with Crippen LogP contribution in [0.25, 0.3) is 11.4 Å². The molecule has 0 bridgehead atoms. The molecule has 3 rings (SSSR count). The highest BCUT2D eigenvalue weighted by Crippen LogP contribution is 2.21. The van der Waals surface area contributed by atoms with E-state index in [-0.39, 0.29) is 5.82 Å². The number of hydrogen-bond donors (Lipinski definition) is 2. The number of rotatable bonds is 3. The van der Waals surface area contributed by atoms with Crippen molar-refractivity contribution in [1.82, 2.24) is 20.5 Å². The van der Waals surface area contributed by atoms with E-state index in [1.54, 1.807) is 6.92 Å². The molecule has 0 aliphatic carbocycles. The molecule has 0 saturated heterocycles. The Labute approximate surface area is 116 Å². The Morgan fingerprint density at radius 3 is 3.15 bits per heavy atom. The Morgan fingerprint density at radius 2 is 2.30 bits per heavy atom. The minimum absolute atomic E-state index is 0.137. The number of esters is 1. The SMILES string of the molecule is CCOC(=O)c1nc(-c2ccc3c(c2)CNCC3)n[nH]1. The highest BCUT2D eigenvalue weighted by molar-refractivity contribution is 5.85. The Hall–Kier alpha value is -2.21. The molecule has 0 radical (unpaired) electrons. The van der Waals surface area contributed by atoms with E-state index in [1.165, 1.54) is 11.1 Å². The predicted octanol–water partition coefficient (Wildman–Crippen LogP) is 1.29. The van der Waals surface area contributed by atoms with Gasteiger partial charge in [0.2, 0.25) is 5.82 Å². The average Bonchev–Trinajstić information content (AvgIpc) is 2.97. The van der Waals surface area contributed by atoms with Gasteiger partial charge in [0, 0.05) is 12.1 Å². The molecule has 0 amide bonds. The van der Waals surface area contributed by atoms with Gasteiger partial charge < -0.3 is 10.1 Å². The number of H-pyrrole nitrogens is 1. The first-order valence-electron chi connectivity index (χ1n) is 6.70. The molecule has 6 heteroatoms. The van der Waals surface area contributed by atoms with Gasteiger partial charge in [-0.2, -0.15) is 5.10 Å². The van der Waals surface area contributed by atoms with Crippen LogP contribution in [0.3, 0.4) is 0 Å². The maximum atomic E-state index is 11.6. The van der Waals surface area contributed by atoms with Crippen LogP contribution in [0.4, 0.5) is 0 Å². The summed E-state index contributed by atoms with van der Waals surface area (Å²) in [6.45, 7) is 3.95. The number of benzene rings is 1. The first-order valence-corrected chi connectivity index (χ1v) is 6.70. The third-order valence-electron chi connectivity index (χ3n) is 3.31. The number of aromatic amines is 1. The van der Waals surface area contributed by atoms with Crippen molar-refractivity contribution in [3.8, 4) is 11.4 Å². The molecule has 1 aromatic carbocycles. The molecule has 1 aliphatic heterocycles. The standard InChI is InChI=1S/C14H16N4O2/c1-2-20-14(19)13-16-12(17-18-13)10-4-3-9-5-6-15-8-11(9)7-10/h3-4,7,15H,2,5-6,8H2,1H3,(H,16,17,18). The maximum Gasteiger partial charge on any atom is 0.375 e. The summed E-state index contributed by atoms with van der Waals surface area (Å²) in [5, 5.41) is 10.0. The molecule has 1 aromatic heterocycles. The average molecular weight is 272 g/mol. The molecular weight excluding hydrogens is 256 g/mol. The van der Waals surface area contributed by atoms with Gasteiger partial charge in [-0.15, -0.1) is 0 Å². The van der Waals surface area contributed by atoms with Crippen molar-refractivity contribution >= 4 is 5.97 Å². The smallest absolute Gasteiger partial charge is 0.375 e. The molecule has 6 nitrogen and oxygen atoms in total. The van der Waals surface area contributed by atoms with Crippen molar-refractivity contribution in [1.29, 1.82) is 0 Å². The molecule has 0 spiro atoms. The zero-order valence-corrected chi connectivity index (χ0v) is 11.3. The monoisotopic (exact) mass is 272 g/mol. The van der Waals surface area contributed by atoms with Crippen LogP contribution in [0.5, 0.6) is 0 Å². The van der Waals surface area contributed by atoms with E-state index in [0.717, 1.165) is 25.1 Å². The fourth-order valence-corrected chi connectivity index (χ4v) is 2.30. The summed E-state index contributed by atoms with van der Waals surface area (Å²) < 4.78 is 4.88. The third-order valence-corrected chi connectivity index (χ3v) is 3.31. The van der Waals surface area contributed by atoms with Gasteiger partial charge in [-0.1, -0.05) is 12.1 Å². The minimum Gasteiger partial charge on any atom is -0.460 e. The molecule has 1 aliphatic rings. The fraction of sp³-hybridized carbons (Fsp3) is 0.357. The Kier molecular flexibility index (Phi) is 3.47. The van der Waals surface area contributed by atoms with Crippen LogP contribution in [0.1, 0.15) is 28.7 Å². The van der Waals surface area contributed by atoms with Gasteiger partial charge >= 0.3 is 5.97 Å². The van der Waals surface area contributed by atoms with Crippen molar-refractivity contribution < 1.29 is 9.53 Å². The van der Waals surface area contributed by atoms with Gasteiger partial charge in [0.25, 0.3) is 0 Å². The van der Waals surface area contributed by atoms with Gasteiger partial charge in [0.15, 0.2) is 5.82 Å². The number of ether oxygens (including phenoxy) is 1. The minimum atomic E-state index is -0.481. The summed E-state index contributed by atoms with van der Waals surface area (Å²) in [7, 11) is 0. The first-order chi connectivity index (χ1) is 9.78. The van der Waals surface area contributed by atoms with Gasteiger partial charge in [0.1, 0.15) is 0 Å². The van der Waals surface area contributed by atoms with Crippen molar-refractivity contribution in [2.24, 2.45) is 0 Å². The number of carbonyl (C=O) groups is 1. The number of aromatic nitrogens is 3. The van der Waals surface area contributed by atoms with Crippen LogP contribution < -0.4 is 5.32 Å². The maximum absolute atomic E-state index is 11.6. The van der Waals surface area contributed by atoms with E-state index in [4.69, 9.17) is 4.74 Å². The molecule has 2 heterocycles. The highest BCUT2D eigenvalue weighted by Gasteiger charge is 2.15. The second-order valence-electron chi connectivity index (χ2n) is 4.64. The summed E-state index contributed by atoms with van der Waals surface area (Å²) in [6, 6.07) is 6.16. The summed E-state index contributed by atoms with van der Waals surface area (Å²) in [6.07, 6.45) is 1.04.